The number of allylic oxidation sites excluding steroid dienone is 1. The first-order valence-electron chi connectivity index (χ1n) is 7.22. The summed E-state index contributed by atoms with van der Waals surface area (Å²) in [5.41, 5.74) is 11.1. The zero-order valence-electron chi connectivity index (χ0n) is 13.4. The number of amides is 1. The SMILES string of the molecule is CC[C@@H](Nc1cc(N/C(S)=C/C(C)=N)c(C(N)=O)cc1F)C(N)O. The van der Waals surface area contributed by atoms with Crippen molar-refractivity contribution in [2.75, 3.05) is 10.6 Å². The van der Waals surface area contributed by atoms with Gasteiger partial charge in [0.2, 0.25) is 0 Å². The van der Waals surface area contributed by atoms with Gasteiger partial charge in [0, 0.05) is 5.71 Å². The second-order valence-corrected chi connectivity index (χ2v) is 5.71. The molecular formula is C15H22FN5O2S. The number of thiol groups is 1. The molecule has 1 unspecified atom stereocenters. The van der Waals surface area contributed by atoms with Gasteiger partial charge in [0.25, 0.3) is 5.91 Å². The number of carbonyl (C=O) groups is 1. The Kier molecular flexibility index (Phi) is 7.20. The monoisotopic (exact) mass is 355 g/mol. The van der Waals surface area contributed by atoms with Gasteiger partial charge < -0.3 is 32.6 Å². The van der Waals surface area contributed by atoms with Crippen LogP contribution in [0.1, 0.15) is 30.6 Å². The topological polar surface area (TPSA) is 137 Å². The molecule has 0 aliphatic carbocycles. The standard InChI is InChI=1S/C15H22FN5O2S/c1-3-10(15(19)23)20-12-6-11(21-13(24)4-7(2)17)8(14(18)22)5-9(12)16/h4-6,10,15,17,20-21,23-24H,3,19H2,1-2H3,(H2,18,22)/b13-4-,17-7?/t10-,15?/m1/s1. The van der Waals surface area contributed by atoms with E-state index in [2.05, 4.69) is 23.3 Å². The molecule has 8 N–H and O–H groups in total. The van der Waals surface area contributed by atoms with Crippen molar-refractivity contribution in [1.29, 1.82) is 5.41 Å². The molecule has 1 rings (SSSR count). The fraction of sp³-hybridized carbons (Fsp3) is 0.333. The summed E-state index contributed by atoms with van der Waals surface area (Å²) in [6.45, 7) is 3.34. The quantitative estimate of drug-likeness (QED) is 0.216. The fourth-order valence-corrected chi connectivity index (χ4v) is 2.31. The zero-order chi connectivity index (χ0) is 18.4. The van der Waals surface area contributed by atoms with E-state index >= 15 is 0 Å². The molecular weight excluding hydrogens is 333 g/mol. The molecule has 0 radical (unpaired) electrons. The Morgan fingerprint density at radius 1 is 1.50 bits per heavy atom. The highest BCUT2D eigenvalue weighted by Gasteiger charge is 2.18. The minimum absolute atomic E-state index is 0.0477. The van der Waals surface area contributed by atoms with Gasteiger partial charge >= 0.3 is 0 Å². The van der Waals surface area contributed by atoms with Gasteiger partial charge in [-0.25, -0.2) is 4.39 Å². The van der Waals surface area contributed by atoms with Gasteiger partial charge in [0.1, 0.15) is 12.0 Å². The maximum atomic E-state index is 14.2. The highest BCUT2D eigenvalue weighted by atomic mass is 32.1. The maximum Gasteiger partial charge on any atom is 0.250 e. The van der Waals surface area contributed by atoms with Gasteiger partial charge in [-0.2, -0.15) is 0 Å². The van der Waals surface area contributed by atoms with Crippen LogP contribution in [0.2, 0.25) is 0 Å². The summed E-state index contributed by atoms with van der Waals surface area (Å²) >= 11 is 4.16. The molecule has 0 fully saturated rings. The number of anilines is 2. The van der Waals surface area contributed by atoms with Crippen LogP contribution in [0.15, 0.2) is 23.2 Å². The summed E-state index contributed by atoms with van der Waals surface area (Å²) in [5.74, 6) is -1.53. The summed E-state index contributed by atoms with van der Waals surface area (Å²) in [6, 6.07) is 1.76. The van der Waals surface area contributed by atoms with Gasteiger partial charge in [0.05, 0.1) is 28.0 Å². The first kappa shape index (κ1) is 19.9. The lowest BCUT2D eigenvalue weighted by Gasteiger charge is -2.22. The first-order valence-corrected chi connectivity index (χ1v) is 7.66. The molecule has 0 aliphatic rings. The van der Waals surface area contributed by atoms with E-state index in [0.717, 1.165) is 6.07 Å². The maximum absolute atomic E-state index is 14.2. The van der Waals surface area contributed by atoms with Crippen molar-refractivity contribution in [3.63, 3.8) is 0 Å². The van der Waals surface area contributed by atoms with E-state index in [1.165, 1.54) is 12.1 Å². The predicted molar refractivity (Wildman–Crippen MR) is 96.9 cm³/mol. The summed E-state index contributed by atoms with van der Waals surface area (Å²) in [5, 5.41) is 22.7. The Morgan fingerprint density at radius 2 is 2.12 bits per heavy atom. The Hall–Kier alpha value is -2.10. The summed E-state index contributed by atoms with van der Waals surface area (Å²) in [4.78, 5) is 11.5. The van der Waals surface area contributed by atoms with Gasteiger partial charge in [-0.15, -0.1) is 12.6 Å². The molecule has 0 aromatic heterocycles. The van der Waals surface area contributed by atoms with E-state index in [1.54, 1.807) is 13.8 Å². The van der Waals surface area contributed by atoms with Gasteiger partial charge in [0.15, 0.2) is 0 Å². The molecule has 0 bridgehead atoms. The summed E-state index contributed by atoms with van der Waals surface area (Å²) in [7, 11) is 0. The molecule has 1 amide bonds. The molecule has 0 spiro atoms. The number of nitrogens with two attached hydrogens (primary N) is 2. The number of carbonyl (C=O) groups excluding carboxylic acids is 1. The lowest BCUT2D eigenvalue weighted by atomic mass is 10.1. The number of hydrogen-bond acceptors (Lipinski definition) is 7. The van der Waals surface area contributed by atoms with Crippen molar-refractivity contribution < 1.29 is 14.3 Å². The summed E-state index contributed by atoms with van der Waals surface area (Å²) < 4.78 is 14.2. The van der Waals surface area contributed by atoms with E-state index < -0.39 is 24.0 Å². The Morgan fingerprint density at radius 3 is 2.58 bits per heavy atom. The largest absolute Gasteiger partial charge is 0.377 e. The predicted octanol–water partition coefficient (Wildman–Crippen LogP) is 1.61. The second kappa shape index (κ2) is 8.67. The van der Waals surface area contributed by atoms with E-state index in [0.29, 0.717) is 6.42 Å². The highest BCUT2D eigenvalue weighted by molar-refractivity contribution is 7.84. The van der Waals surface area contributed by atoms with Crippen molar-refractivity contribution in [3.05, 3.63) is 34.6 Å². The molecule has 7 nitrogen and oxygen atoms in total. The number of halogens is 1. The highest BCUT2D eigenvalue weighted by Crippen LogP contribution is 2.27. The minimum atomic E-state index is -1.18. The van der Waals surface area contributed by atoms with Crippen LogP contribution in [0.4, 0.5) is 15.8 Å². The lowest BCUT2D eigenvalue weighted by Crippen LogP contribution is -2.39. The molecule has 9 heteroatoms. The van der Waals surface area contributed by atoms with Crippen molar-refractivity contribution >= 4 is 35.6 Å². The van der Waals surface area contributed by atoms with Crippen LogP contribution in [0.3, 0.4) is 0 Å². The van der Waals surface area contributed by atoms with Crippen LogP contribution >= 0.6 is 12.6 Å². The molecule has 0 aliphatic heterocycles. The number of hydrogen-bond donors (Lipinski definition) is 7. The van der Waals surface area contributed by atoms with E-state index in [9.17, 15) is 14.3 Å². The van der Waals surface area contributed by atoms with Gasteiger partial charge in [-0.3, -0.25) is 4.79 Å². The third-order valence-electron chi connectivity index (χ3n) is 3.18. The van der Waals surface area contributed by atoms with Gasteiger partial charge in [-0.1, -0.05) is 6.92 Å². The summed E-state index contributed by atoms with van der Waals surface area (Å²) in [6.07, 6.45) is 0.702. The molecule has 132 valence electrons. The molecule has 0 saturated carbocycles. The number of nitrogens with one attached hydrogen (secondary N) is 3. The average Bonchev–Trinajstić information content (AvgIpc) is 2.45. The molecule has 0 saturated heterocycles. The van der Waals surface area contributed by atoms with Crippen molar-refractivity contribution in [2.24, 2.45) is 11.5 Å². The van der Waals surface area contributed by atoms with Crippen LogP contribution in [0.5, 0.6) is 0 Å². The molecule has 1 aromatic rings. The lowest BCUT2D eigenvalue weighted by molar-refractivity contribution is 0.100. The molecule has 24 heavy (non-hydrogen) atoms. The average molecular weight is 355 g/mol. The van der Waals surface area contributed by atoms with E-state index in [-0.39, 0.29) is 27.7 Å². The third kappa shape index (κ3) is 5.52. The van der Waals surface area contributed by atoms with Crippen LogP contribution < -0.4 is 22.1 Å². The van der Waals surface area contributed by atoms with Crippen LogP contribution in [0.25, 0.3) is 0 Å². The van der Waals surface area contributed by atoms with Crippen molar-refractivity contribution in [1.82, 2.24) is 0 Å². The van der Waals surface area contributed by atoms with E-state index in [1.807, 2.05) is 0 Å². The fourth-order valence-electron chi connectivity index (χ4n) is 2.00. The van der Waals surface area contributed by atoms with E-state index in [4.69, 9.17) is 16.9 Å². The number of rotatable bonds is 8. The van der Waals surface area contributed by atoms with Gasteiger partial charge in [-0.05, 0) is 31.6 Å². The Labute approximate surface area is 145 Å². The van der Waals surface area contributed by atoms with Crippen molar-refractivity contribution in [3.8, 4) is 0 Å². The Balaban J connectivity index is 3.27. The number of aliphatic hydroxyl groups excluding tert-OH is 1. The Bertz CT molecular complexity index is 664. The second-order valence-electron chi connectivity index (χ2n) is 5.23. The molecule has 0 heterocycles. The normalized spacial score (nSPS) is 14.0. The number of benzene rings is 1. The molecule has 1 aromatic carbocycles. The van der Waals surface area contributed by atoms with Crippen LogP contribution in [-0.2, 0) is 0 Å². The third-order valence-corrected chi connectivity index (χ3v) is 3.42. The smallest absolute Gasteiger partial charge is 0.250 e. The number of aliphatic hydroxyl groups is 1. The minimum Gasteiger partial charge on any atom is -0.377 e. The van der Waals surface area contributed by atoms with Crippen molar-refractivity contribution in [2.45, 2.75) is 32.5 Å². The zero-order valence-corrected chi connectivity index (χ0v) is 14.3. The number of primary amides is 1. The van der Waals surface area contributed by atoms with Crippen LogP contribution in [0, 0.1) is 11.2 Å². The van der Waals surface area contributed by atoms with Crippen LogP contribution in [-0.4, -0.2) is 29.0 Å². The molecule has 2 atom stereocenters. The first-order chi connectivity index (χ1) is 11.1.